The summed E-state index contributed by atoms with van der Waals surface area (Å²) < 4.78 is 27.0. The second-order valence-electron chi connectivity index (χ2n) is 5.75. The zero-order valence-corrected chi connectivity index (χ0v) is 16.1. The molecule has 1 heterocycles. The van der Waals surface area contributed by atoms with Crippen LogP contribution in [0.25, 0.3) is 5.69 Å². The maximum absolute atomic E-state index is 12.8. The molecular formula is C17H14Cl2N2O4S. The lowest BCUT2D eigenvalue weighted by atomic mass is 10.1. The standard InChI is InChI=1S/C17H14Cl2N2O4S/c1-10-3-4-12(7-11(10)2)20-9-16(22)21(17(20)23)26(24,25)13-5-6-14(18)15(19)8-13/h3-9,22H,1-2H3. The normalized spacial score (nSPS) is 11.7. The summed E-state index contributed by atoms with van der Waals surface area (Å²) in [7, 11) is -4.35. The fraction of sp³-hybridized carbons (Fsp3) is 0.118. The molecule has 0 saturated carbocycles. The van der Waals surface area contributed by atoms with Gasteiger partial charge in [0.15, 0.2) is 0 Å². The van der Waals surface area contributed by atoms with Crippen molar-refractivity contribution in [1.29, 1.82) is 0 Å². The monoisotopic (exact) mass is 412 g/mol. The highest BCUT2D eigenvalue weighted by Crippen LogP contribution is 2.27. The first-order valence-corrected chi connectivity index (χ1v) is 9.64. The van der Waals surface area contributed by atoms with Crippen molar-refractivity contribution in [2.24, 2.45) is 0 Å². The molecule has 0 fully saturated rings. The molecule has 0 unspecified atom stereocenters. The van der Waals surface area contributed by atoms with Gasteiger partial charge in [-0.15, -0.1) is 3.97 Å². The maximum Gasteiger partial charge on any atom is 0.350 e. The van der Waals surface area contributed by atoms with Crippen molar-refractivity contribution in [3.63, 3.8) is 0 Å². The molecule has 0 aliphatic carbocycles. The first-order valence-electron chi connectivity index (χ1n) is 7.44. The van der Waals surface area contributed by atoms with Crippen molar-refractivity contribution >= 4 is 33.2 Å². The number of benzene rings is 2. The van der Waals surface area contributed by atoms with E-state index in [2.05, 4.69) is 0 Å². The average molecular weight is 413 g/mol. The fourth-order valence-electron chi connectivity index (χ4n) is 2.45. The van der Waals surface area contributed by atoms with Gasteiger partial charge in [0.1, 0.15) is 0 Å². The zero-order chi connectivity index (χ0) is 19.2. The van der Waals surface area contributed by atoms with Gasteiger partial charge in [-0.2, -0.15) is 0 Å². The highest BCUT2D eigenvalue weighted by molar-refractivity contribution is 7.90. The van der Waals surface area contributed by atoms with Gasteiger partial charge in [-0.1, -0.05) is 29.3 Å². The quantitative estimate of drug-likeness (QED) is 0.713. The lowest BCUT2D eigenvalue weighted by Gasteiger charge is -2.07. The van der Waals surface area contributed by atoms with Gasteiger partial charge in [0, 0.05) is 0 Å². The number of aromatic nitrogens is 2. The Morgan fingerprint density at radius 2 is 1.65 bits per heavy atom. The Morgan fingerprint density at radius 3 is 2.27 bits per heavy atom. The Morgan fingerprint density at radius 1 is 0.962 bits per heavy atom. The molecular weight excluding hydrogens is 399 g/mol. The lowest BCUT2D eigenvalue weighted by molar-refractivity contribution is 0.443. The molecule has 3 aromatic rings. The molecule has 26 heavy (non-hydrogen) atoms. The van der Waals surface area contributed by atoms with Crippen LogP contribution in [-0.2, 0) is 10.0 Å². The van der Waals surface area contributed by atoms with E-state index in [4.69, 9.17) is 23.2 Å². The van der Waals surface area contributed by atoms with Gasteiger partial charge in [0.05, 0.1) is 26.8 Å². The topological polar surface area (TPSA) is 81.3 Å². The smallest absolute Gasteiger partial charge is 0.350 e. The molecule has 9 heteroatoms. The summed E-state index contributed by atoms with van der Waals surface area (Å²) >= 11 is 11.7. The predicted octanol–water partition coefficient (Wildman–Crippen LogP) is 3.51. The predicted molar refractivity (Wildman–Crippen MR) is 100 cm³/mol. The van der Waals surface area contributed by atoms with Crippen molar-refractivity contribution < 1.29 is 13.5 Å². The molecule has 0 spiro atoms. The summed E-state index contributed by atoms with van der Waals surface area (Å²) in [5, 5.41) is 10.3. The number of nitrogens with zero attached hydrogens (tertiary/aromatic N) is 2. The van der Waals surface area contributed by atoms with Gasteiger partial charge in [0.25, 0.3) is 10.0 Å². The Hall–Kier alpha value is -2.22. The van der Waals surface area contributed by atoms with E-state index in [0.29, 0.717) is 9.66 Å². The molecule has 0 atom stereocenters. The van der Waals surface area contributed by atoms with E-state index in [-0.39, 0.29) is 14.9 Å². The second kappa shape index (κ2) is 6.50. The Kier molecular flexibility index (Phi) is 4.64. The number of hydrogen-bond donors (Lipinski definition) is 1. The van der Waals surface area contributed by atoms with Crippen molar-refractivity contribution in [3.05, 3.63) is 74.3 Å². The van der Waals surface area contributed by atoms with Gasteiger partial charge in [0.2, 0.25) is 5.88 Å². The van der Waals surface area contributed by atoms with E-state index in [9.17, 15) is 18.3 Å². The largest absolute Gasteiger partial charge is 0.493 e. The first kappa shape index (κ1) is 18.6. The molecule has 6 nitrogen and oxygen atoms in total. The van der Waals surface area contributed by atoms with Crippen LogP contribution in [-0.4, -0.2) is 22.1 Å². The van der Waals surface area contributed by atoms with Crippen LogP contribution in [0.15, 0.2) is 52.3 Å². The van der Waals surface area contributed by atoms with Crippen molar-refractivity contribution in [3.8, 4) is 11.6 Å². The van der Waals surface area contributed by atoms with Crippen LogP contribution in [0, 0.1) is 13.8 Å². The van der Waals surface area contributed by atoms with Crippen LogP contribution in [0.4, 0.5) is 0 Å². The summed E-state index contributed by atoms with van der Waals surface area (Å²) in [6.45, 7) is 3.78. The number of aromatic hydroxyl groups is 1. The minimum Gasteiger partial charge on any atom is -0.493 e. The molecule has 2 aromatic carbocycles. The van der Waals surface area contributed by atoms with Gasteiger partial charge in [-0.05, 0) is 55.3 Å². The van der Waals surface area contributed by atoms with Crippen molar-refractivity contribution in [2.75, 3.05) is 0 Å². The van der Waals surface area contributed by atoms with Crippen LogP contribution < -0.4 is 5.69 Å². The van der Waals surface area contributed by atoms with Crippen LogP contribution in [0.5, 0.6) is 5.88 Å². The first-order chi connectivity index (χ1) is 12.1. The molecule has 0 amide bonds. The Balaban J connectivity index is 2.20. The highest BCUT2D eigenvalue weighted by Gasteiger charge is 2.26. The average Bonchev–Trinajstić information content (AvgIpc) is 2.87. The lowest BCUT2D eigenvalue weighted by Crippen LogP contribution is -2.28. The molecule has 0 bridgehead atoms. The maximum atomic E-state index is 12.8. The number of rotatable bonds is 3. The Labute approximate surface area is 159 Å². The third kappa shape index (κ3) is 3.02. The summed E-state index contributed by atoms with van der Waals surface area (Å²) in [5.74, 6) is -0.709. The fourth-order valence-corrected chi connectivity index (χ4v) is 4.12. The SMILES string of the molecule is Cc1ccc(-n2cc(O)n(S(=O)(=O)c3ccc(Cl)c(Cl)c3)c2=O)cc1C. The molecule has 1 N–H and O–H groups in total. The number of aryl methyl sites for hydroxylation is 2. The van der Waals surface area contributed by atoms with Crippen molar-refractivity contribution in [1.82, 2.24) is 8.54 Å². The van der Waals surface area contributed by atoms with Crippen LogP contribution in [0.2, 0.25) is 10.0 Å². The third-order valence-electron chi connectivity index (χ3n) is 4.03. The second-order valence-corrected chi connectivity index (χ2v) is 8.35. The van der Waals surface area contributed by atoms with Gasteiger partial charge < -0.3 is 5.11 Å². The number of imidazole rings is 1. The molecule has 1 aromatic heterocycles. The molecule has 136 valence electrons. The van der Waals surface area contributed by atoms with E-state index < -0.39 is 21.6 Å². The highest BCUT2D eigenvalue weighted by atomic mass is 35.5. The van der Waals surface area contributed by atoms with E-state index in [1.165, 1.54) is 12.1 Å². The van der Waals surface area contributed by atoms with E-state index in [0.717, 1.165) is 28.0 Å². The molecule has 0 aliphatic rings. The number of hydrogen-bond acceptors (Lipinski definition) is 4. The van der Waals surface area contributed by atoms with E-state index in [1.807, 2.05) is 13.8 Å². The summed E-state index contributed by atoms with van der Waals surface area (Å²) in [6.07, 6.45) is 1.06. The summed E-state index contributed by atoms with van der Waals surface area (Å²) in [5.41, 5.74) is 1.47. The molecule has 0 aliphatic heterocycles. The van der Waals surface area contributed by atoms with Gasteiger partial charge in [-0.3, -0.25) is 4.57 Å². The molecule has 3 rings (SSSR count). The van der Waals surface area contributed by atoms with Gasteiger partial charge >= 0.3 is 5.69 Å². The van der Waals surface area contributed by atoms with Crippen LogP contribution in [0.3, 0.4) is 0 Å². The van der Waals surface area contributed by atoms with Crippen LogP contribution >= 0.6 is 23.2 Å². The minimum absolute atomic E-state index is 0.0221. The zero-order valence-electron chi connectivity index (χ0n) is 13.8. The molecule has 0 saturated heterocycles. The summed E-state index contributed by atoms with van der Waals surface area (Å²) in [4.78, 5) is 12.4. The van der Waals surface area contributed by atoms with Crippen LogP contribution in [0.1, 0.15) is 11.1 Å². The molecule has 0 radical (unpaired) electrons. The third-order valence-corrected chi connectivity index (χ3v) is 6.44. The number of halogens is 2. The van der Waals surface area contributed by atoms with E-state index >= 15 is 0 Å². The van der Waals surface area contributed by atoms with E-state index in [1.54, 1.807) is 18.2 Å². The van der Waals surface area contributed by atoms with Gasteiger partial charge in [-0.25, -0.2) is 13.2 Å². The Bertz CT molecular complexity index is 1180. The minimum atomic E-state index is -4.35. The summed E-state index contributed by atoms with van der Waals surface area (Å²) in [6, 6.07) is 8.84. The van der Waals surface area contributed by atoms with Crippen molar-refractivity contribution in [2.45, 2.75) is 18.7 Å².